The van der Waals surface area contributed by atoms with Crippen LogP contribution in [0, 0.1) is 0 Å². The lowest BCUT2D eigenvalue weighted by atomic mass is 9.99. The maximum atomic E-state index is 11.8. The lowest BCUT2D eigenvalue weighted by molar-refractivity contribution is -0.277. The number of benzene rings is 1. The van der Waals surface area contributed by atoms with Crippen LogP contribution in [0.1, 0.15) is 30.1 Å². The molecule has 0 amide bonds. The molecule has 2 fully saturated rings. The van der Waals surface area contributed by atoms with Crippen molar-refractivity contribution >= 4 is 17.7 Å². The number of anilines is 2. The molecule has 2 saturated heterocycles. The van der Waals surface area contributed by atoms with Gasteiger partial charge >= 0.3 is 0 Å². The summed E-state index contributed by atoms with van der Waals surface area (Å²) < 4.78 is 11.2. The largest absolute Gasteiger partial charge is 0.461 e. The topological polar surface area (TPSA) is 123 Å². The van der Waals surface area contributed by atoms with Crippen LogP contribution in [0.15, 0.2) is 12.1 Å². The van der Waals surface area contributed by atoms with Crippen LogP contribution in [0.5, 0.6) is 5.75 Å². The molecule has 3 aliphatic rings. The number of carbonyl (C=O) groups excluding carboxylic acids is 1. The predicted molar refractivity (Wildman–Crippen MR) is 104 cm³/mol. The maximum Gasteiger partial charge on any atom is 0.229 e. The third-order valence-electron chi connectivity index (χ3n) is 6.17. The molecule has 3 heterocycles. The van der Waals surface area contributed by atoms with Crippen LogP contribution >= 0.6 is 0 Å². The van der Waals surface area contributed by atoms with Crippen LogP contribution in [-0.4, -0.2) is 89.7 Å². The monoisotopic (exact) mass is 408 g/mol. The van der Waals surface area contributed by atoms with Gasteiger partial charge in [-0.25, -0.2) is 0 Å². The van der Waals surface area contributed by atoms with Gasteiger partial charge in [0.2, 0.25) is 6.29 Å². The number of hydrogen-bond acceptors (Lipinski definition) is 9. The van der Waals surface area contributed by atoms with E-state index in [9.17, 15) is 25.2 Å². The van der Waals surface area contributed by atoms with Gasteiger partial charge in [-0.15, -0.1) is 0 Å². The van der Waals surface area contributed by atoms with Gasteiger partial charge in [-0.3, -0.25) is 4.79 Å². The number of aldehydes is 1. The molecule has 160 valence electrons. The third kappa shape index (κ3) is 3.47. The van der Waals surface area contributed by atoms with Gasteiger partial charge in [-0.1, -0.05) is 0 Å². The lowest BCUT2D eigenvalue weighted by Gasteiger charge is -2.42. The van der Waals surface area contributed by atoms with E-state index in [4.69, 9.17) is 9.47 Å². The molecule has 0 bridgehead atoms. The van der Waals surface area contributed by atoms with Gasteiger partial charge in [0, 0.05) is 31.7 Å². The van der Waals surface area contributed by atoms with E-state index in [2.05, 4.69) is 16.7 Å². The first-order valence-corrected chi connectivity index (χ1v) is 10.1. The average Bonchev–Trinajstić information content (AvgIpc) is 3.21. The van der Waals surface area contributed by atoms with Crippen LogP contribution in [0.4, 0.5) is 11.4 Å². The minimum atomic E-state index is -1.54. The molecule has 0 aromatic heterocycles. The molecule has 4 rings (SSSR count). The highest BCUT2D eigenvalue weighted by atomic mass is 16.7. The Labute approximate surface area is 169 Å². The van der Waals surface area contributed by atoms with Crippen LogP contribution in [-0.2, 0) is 4.74 Å². The van der Waals surface area contributed by atoms with E-state index in [0.29, 0.717) is 17.9 Å². The number of ether oxygens (including phenoxy) is 2. The fraction of sp³-hybridized carbons (Fsp3) is 0.650. The summed E-state index contributed by atoms with van der Waals surface area (Å²) in [5.41, 5.74) is 2.23. The van der Waals surface area contributed by atoms with Gasteiger partial charge in [-0.2, -0.15) is 0 Å². The number of likely N-dealkylation sites (N-methyl/N-ethyl adjacent to an activating group) is 1. The number of aliphatic hydroxyl groups excluding tert-OH is 4. The fourth-order valence-corrected chi connectivity index (χ4v) is 4.54. The molecule has 9 heteroatoms. The van der Waals surface area contributed by atoms with E-state index in [-0.39, 0.29) is 5.75 Å². The van der Waals surface area contributed by atoms with Gasteiger partial charge in [-0.05, 0) is 25.8 Å². The van der Waals surface area contributed by atoms with Gasteiger partial charge in [0.15, 0.2) is 6.29 Å². The highest BCUT2D eigenvalue weighted by Gasteiger charge is 2.45. The molecule has 0 aliphatic carbocycles. The molecule has 4 N–H and O–H groups in total. The minimum Gasteiger partial charge on any atom is -0.461 e. The minimum absolute atomic E-state index is 0.228. The second kappa shape index (κ2) is 8.08. The number of carbonyl (C=O) groups is 1. The Hall–Kier alpha value is -1.91. The molecule has 29 heavy (non-hydrogen) atoms. The summed E-state index contributed by atoms with van der Waals surface area (Å²) in [6.07, 6.45) is -4.06. The van der Waals surface area contributed by atoms with Gasteiger partial charge in [0.05, 0.1) is 23.5 Å². The SMILES string of the molecule is CCN1CC2CCCN2c2cc(OC3OC(CO)C(O)C(O)C3O)c(C=O)cc21. The van der Waals surface area contributed by atoms with Crippen LogP contribution in [0.25, 0.3) is 0 Å². The second-order valence-corrected chi connectivity index (χ2v) is 7.84. The number of aliphatic hydroxyl groups is 4. The summed E-state index contributed by atoms with van der Waals surface area (Å²) in [5, 5.41) is 39.6. The quantitative estimate of drug-likeness (QED) is 0.477. The first-order chi connectivity index (χ1) is 14.0. The van der Waals surface area contributed by atoms with Crippen molar-refractivity contribution in [2.75, 3.05) is 36.0 Å². The van der Waals surface area contributed by atoms with E-state index < -0.39 is 37.3 Å². The first kappa shape index (κ1) is 20.4. The smallest absolute Gasteiger partial charge is 0.229 e. The Morgan fingerprint density at radius 1 is 1.21 bits per heavy atom. The second-order valence-electron chi connectivity index (χ2n) is 7.84. The number of fused-ring (bicyclic) bond motifs is 3. The zero-order valence-corrected chi connectivity index (χ0v) is 16.3. The Balaban J connectivity index is 1.67. The van der Waals surface area contributed by atoms with Crippen LogP contribution in [0.3, 0.4) is 0 Å². The van der Waals surface area contributed by atoms with Crippen molar-refractivity contribution in [2.24, 2.45) is 0 Å². The summed E-state index contributed by atoms with van der Waals surface area (Å²) in [6.45, 7) is 4.19. The normalized spacial score (nSPS) is 34.0. The van der Waals surface area contributed by atoms with E-state index >= 15 is 0 Å². The van der Waals surface area contributed by atoms with Crippen molar-refractivity contribution in [1.82, 2.24) is 0 Å². The van der Waals surface area contributed by atoms with Gasteiger partial charge in [0.25, 0.3) is 0 Å². The fourth-order valence-electron chi connectivity index (χ4n) is 4.54. The molecule has 3 aliphatic heterocycles. The average molecular weight is 408 g/mol. The zero-order chi connectivity index (χ0) is 20.7. The van der Waals surface area contributed by atoms with Crippen molar-refractivity contribution in [3.8, 4) is 5.75 Å². The van der Waals surface area contributed by atoms with Crippen LogP contribution in [0.2, 0.25) is 0 Å². The van der Waals surface area contributed by atoms with Gasteiger partial charge < -0.3 is 39.7 Å². The molecule has 9 nitrogen and oxygen atoms in total. The molecule has 6 atom stereocenters. The van der Waals surface area contributed by atoms with Gasteiger partial charge in [0.1, 0.15) is 30.2 Å². The Morgan fingerprint density at radius 3 is 2.69 bits per heavy atom. The highest BCUT2D eigenvalue weighted by Crippen LogP contribution is 2.43. The van der Waals surface area contributed by atoms with E-state index in [1.165, 1.54) is 0 Å². The van der Waals surface area contributed by atoms with Crippen molar-refractivity contribution < 1.29 is 34.7 Å². The summed E-state index contributed by atoms with van der Waals surface area (Å²) in [7, 11) is 0. The van der Waals surface area contributed by atoms with E-state index in [1.54, 1.807) is 12.1 Å². The molecular weight excluding hydrogens is 380 g/mol. The first-order valence-electron chi connectivity index (χ1n) is 10.1. The molecule has 6 unspecified atom stereocenters. The van der Waals surface area contributed by atoms with Crippen molar-refractivity contribution in [3.05, 3.63) is 17.7 Å². The van der Waals surface area contributed by atoms with E-state index in [1.807, 2.05) is 0 Å². The van der Waals surface area contributed by atoms with Crippen molar-refractivity contribution in [1.29, 1.82) is 0 Å². The Kier molecular flexibility index (Phi) is 5.67. The molecule has 0 radical (unpaired) electrons. The van der Waals surface area contributed by atoms with Crippen LogP contribution < -0.4 is 14.5 Å². The summed E-state index contributed by atoms with van der Waals surface area (Å²) in [4.78, 5) is 16.3. The summed E-state index contributed by atoms with van der Waals surface area (Å²) in [5.74, 6) is 0.228. The molecular formula is C20H28N2O7. The summed E-state index contributed by atoms with van der Waals surface area (Å²) in [6, 6.07) is 3.96. The third-order valence-corrected chi connectivity index (χ3v) is 6.17. The van der Waals surface area contributed by atoms with E-state index in [0.717, 1.165) is 43.9 Å². The highest BCUT2D eigenvalue weighted by molar-refractivity contribution is 5.88. The molecule has 0 saturated carbocycles. The predicted octanol–water partition coefficient (Wildman–Crippen LogP) is -0.513. The Morgan fingerprint density at radius 2 is 2.00 bits per heavy atom. The maximum absolute atomic E-state index is 11.8. The standard InChI is InChI=1S/C20H28N2O7/c1-2-21-8-12-4-3-5-22(12)14-7-15(11(9-23)6-13(14)21)28-20-19(27)18(26)17(25)16(10-24)29-20/h6-7,9,12,16-20,24-27H,2-5,8,10H2,1H3. The number of rotatable bonds is 5. The lowest BCUT2D eigenvalue weighted by Crippen LogP contribution is -2.60. The number of hydrogen-bond donors (Lipinski definition) is 4. The number of nitrogens with zero attached hydrogens (tertiary/aromatic N) is 2. The molecule has 1 aromatic rings. The van der Waals surface area contributed by atoms with Crippen molar-refractivity contribution in [2.45, 2.75) is 56.5 Å². The zero-order valence-electron chi connectivity index (χ0n) is 16.3. The van der Waals surface area contributed by atoms with Crippen molar-refractivity contribution in [3.63, 3.8) is 0 Å². The Bertz CT molecular complexity index is 759. The molecule has 0 spiro atoms. The molecule has 1 aromatic carbocycles. The summed E-state index contributed by atoms with van der Waals surface area (Å²) >= 11 is 0.